The maximum Gasteiger partial charge on any atom is 0.251 e. The van der Waals surface area contributed by atoms with Gasteiger partial charge in [0.05, 0.1) is 11.5 Å². The molecule has 7 heteroatoms. The van der Waals surface area contributed by atoms with Gasteiger partial charge in [0.1, 0.15) is 0 Å². The first-order chi connectivity index (χ1) is 11.4. The minimum atomic E-state index is -2.86. The van der Waals surface area contributed by atoms with Crippen LogP contribution in [-0.4, -0.2) is 63.0 Å². The van der Waals surface area contributed by atoms with Gasteiger partial charge in [0.15, 0.2) is 9.84 Å². The van der Waals surface area contributed by atoms with Gasteiger partial charge >= 0.3 is 0 Å². The minimum Gasteiger partial charge on any atom is -0.350 e. The normalized spacial score (nSPS) is 18.9. The summed E-state index contributed by atoms with van der Waals surface area (Å²) in [7, 11) is -2.86. The number of hydrogen-bond donors (Lipinski definition) is 2. The lowest BCUT2D eigenvalue weighted by molar-refractivity contribution is 0.0950. The highest BCUT2D eigenvalue weighted by Gasteiger charge is 2.21. The third-order valence-corrected chi connectivity index (χ3v) is 5.76. The van der Waals surface area contributed by atoms with Crippen LogP contribution in [0.5, 0.6) is 0 Å². The molecule has 1 saturated heterocycles. The number of carbonyl (C=O) groups excluding carboxylic acids is 1. The molecule has 0 bridgehead atoms. The molecule has 1 atom stereocenters. The standard InChI is InChI=1S/C17H27N3O3S/c1-3-18-14(2)12-19-17(21)16-6-4-5-15(11-16)13-20-7-9-24(22,23)10-8-20/h4-6,11,14,18H,3,7-10,12-13H2,1-2H3,(H,19,21)/t14-/m1/s1. The summed E-state index contributed by atoms with van der Waals surface area (Å²) in [6.07, 6.45) is 0. The van der Waals surface area contributed by atoms with Gasteiger partial charge in [0.25, 0.3) is 5.91 Å². The molecule has 24 heavy (non-hydrogen) atoms. The van der Waals surface area contributed by atoms with Gasteiger partial charge in [0.2, 0.25) is 0 Å². The van der Waals surface area contributed by atoms with Crippen LogP contribution in [0, 0.1) is 0 Å². The van der Waals surface area contributed by atoms with Gasteiger partial charge in [-0.2, -0.15) is 0 Å². The Bertz CT molecular complexity index is 647. The van der Waals surface area contributed by atoms with Crippen molar-refractivity contribution in [1.82, 2.24) is 15.5 Å². The molecule has 0 saturated carbocycles. The highest BCUT2D eigenvalue weighted by atomic mass is 32.2. The molecule has 6 nitrogen and oxygen atoms in total. The fraction of sp³-hybridized carbons (Fsp3) is 0.588. The van der Waals surface area contributed by atoms with E-state index in [9.17, 15) is 13.2 Å². The molecule has 0 aromatic heterocycles. The third kappa shape index (κ3) is 5.89. The van der Waals surface area contributed by atoms with Crippen molar-refractivity contribution in [3.8, 4) is 0 Å². The summed E-state index contributed by atoms with van der Waals surface area (Å²) < 4.78 is 23.0. The van der Waals surface area contributed by atoms with Gasteiger partial charge in [-0.05, 0) is 31.2 Å². The molecule has 1 amide bonds. The van der Waals surface area contributed by atoms with Gasteiger partial charge in [0, 0.05) is 37.8 Å². The van der Waals surface area contributed by atoms with Crippen molar-refractivity contribution in [2.45, 2.75) is 26.4 Å². The van der Waals surface area contributed by atoms with Crippen molar-refractivity contribution < 1.29 is 13.2 Å². The van der Waals surface area contributed by atoms with Gasteiger partial charge < -0.3 is 10.6 Å². The Morgan fingerprint density at radius 2 is 2.00 bits per heavy atom. The van der Waals surface area contributed by atoms with E-state index in [0.717, 1.165) is 12.1 Å². The number of nitrogens with one attached hydrogen (secondary N) is 2. The van der Waals surface area contributed by atoms with Crippen molar-refractivity contribution in [2.75, 3.05) is 37.7 Å². The summed E-state index contributed by atoms with van der Waals surface area (Å²) in [4.78, 5) is 14.4. The highest BCUT2D eigenvalue weighted by molar-refractivity contribution is 7.91. The lowest BCUT2D eigenvalue weighted by Gasteiger charge is -2.26. The topological polar surface area (TPSA) is 78.5 Å². The predicted molar refractivity (Wildman–Crippen MR) is 95.8 cm³/mol. The van der Waals surface area contributed by atoms with E-state index in [4.69, 9.17) is 0 Å². The maximum atomic E-state index is 12.3. The van der Waals surface area contributed by atoms with E-state index in [2.05, 4.69) is 15.5 Å². The van der Waals surface area contributed by atoms with Crippen molar-refractivity contribution >= 4 is 15.7 Å². The molecule has 0 spiro atoms. The SMILES string of the molecule is CCN[C@H](C)CNC(=O)c1cccc(CN2CCS(=O)(=O)CC2)c1. The second-order valence-corrected chi connectivity index (χ2v) is 8.60. The van der Waals surface area contributed by atoms with E-state index in [-0.39, 0.29) is 23.5 Å². The lowest BCUT2D eigenvalue weighted by Crippen LogP contribution is -2.40. The first-order valence-corrected chi connectivity index (χ1v) is 10.2. The molecule has 2 N–H and O–H groups in total. The van der Waals surface area contributed by atoms with Crippen LogP contribution in [0.1, 0.15) is 29.8 Å². The van der Waals surface area contributed by atoms with E-state index in [1.165, 1.54) is 0 Å². The Morgan fingerprint density at radius 1 is 1.29 bits per heavy atom. The third-order valence-electron chi connectivity index (χ3n) is 4.15. The Hall–Kier alpha value is -1.44. The number of amides is 1. The summed E-state index contributed by atoms with van der Waals surface area (Å²) in [5.74, 6) is 0.355. The zero-order valence-electron chi connectivity index (χ0n) is 14.4. The van der Waals surface area contributed by atoms with Crippen LogP contribution in [0.4, 0.5) is 0 Å². The van der Waals surface area contributed by atoms with Gasteiger partial charge in [-0.25, -0.2) is 8.42 Å². The molecule has 0 radical (unpaired) electrons. The number of benzene rings is 1. The molecule has 1 aromatic carbocycles. The molecule has 0 unspecified atom stereocenters. The van der Waals surface area contributed by atoms with Crippen molar-refractivity contribution in [2.24, 2.45) is 0 Å². The lowest BCUT2D eigenvalue weighted by atomic mass is 10.1. The zero-order valence-corrected chi connectivity index (χ0v) is 15.2. The number of carbonyl (C=O) groups is 1. The molecule has 1 heterocycles. The Labute approximate surface area is 144 Å². The van der Waals surface area contributed by atoms with E-state index in [1.807, 2.05) is 32.0 Å². The summed E-state index contributed by atoms with van der Waals surface area (Å²) in [5.41, 5.74) is 1.67. The number of sulfone groups is 1. The fourth-order valence-corrected chi connectivity index (χ4v) is 4.02. The van der Waals surface area contributed by atoms with Crippen LogP contribution in [-0.2, 0) is 16.4 Å². The first kappa shape index (κ1) is 18.9. The summed E-state index contributed by atoms with van der Waals surface area (Å²) in [6, 6.07) is 7.77. The van der Waals surface area contributed by atoms with Crippen LogP contribution < -0.4 is 10.6 Å². The number of likely N-dealkylation sites (N-methyl/N-ethyl adjacent to an activating group) is 1. The molecule has 134 valence electrons. The van der Waals surface area contributed by atoms with E-state index in [1.54, 1.807) is 6.07 Å². The molecule has 1 aliphatic heterocycles. The molecule has 2 rings (SSSR count). The quantitative estimate of drug-likeness (QED) is 0.752. The summed E-state index contributed by atoms with van der Waals surface area (Å²) in [5, 5.41) is 6.18. The maximum absolute atomic E-state index is 12.3. The monoisotopic (exact) mass is 353 g/mol. The number of rotatable bonds is 7. The smallest absolute Gasteiger partial charge is 0.251 e. The van der Waals surface area contributed by atoms with Crippen LogP contribution in [0.15, 0.2) is 24.3 Å². The summed E-state index contributed by atoms with van der Waals surface area (Å²) in [6.45, 7) is 7.31. The highest BCUT2D eigenvalue weighted by Crippen LogP contribution is 2.11. The van der Waals surface area contributed by atoms with Gasteiger partial charge in [-0.3, -0.25) is 9.69 Å². The zero-order chi connectivity index (χ0) is 17.6. The van der Waals surface area contributed by atoms with Crippen molar-refractivity contribution in [1.29, 1.82) is 0 Å². The van der Waals surface area contributed by atoms with Gasteiger partial charge in [-0.15, -0.1) is 0 Å². The van der Waals surface area contributed by atoms with Crippen LogP contribution >= 0.6 is 0 Å². The molecular formula is C17H27N3O3S. The number of nitrogens with zero attached hydrogens (tertiary/aromatic N) is 1. The minimum absolute atomic E-state index is 0.0807. The number of hydrogen-bond acceptors (Lipinski definition) is 5. The average Bonchev–Trinajstić information content (AvgIpc) is 2.55. The van der Waals surface area contributed by atoms with E-state index >= 15 is 0 Å². The van der Waals surface area contributed by atoms with Crippen molar-refractivity contribution in [3.05, 3.63) is 35.4 Å². The predicted octanol–water partition coefficient (Wildman–Crippen LogP) is 0.645. The first-order valence-electron chi connectivity index (χ1n) is 8.43. The van der Waals surface area contributed by atoms with E-state index < -0.39 is 9.84 Å². The second-order valence-electron chi connectivity index (χ2n) is 6.30. The average molecular weight is 353 g/mol. The van der Waals surface area contributed by atoms with Crippen LogP contribution in [0.2, 0.25) is 0 Å². The van der Waals surface area contributed by atoms with E-state index in [0.29, 0.717) is 31.7 Å². The molecule has 1 aromatic rings. The Balaban J connectivity index is 1.90. The van der Waals surface area contributed by atoms with Crippen molar-refractivity contribution in [3.63, 3.8) is 0 Å². The Morgan fingerprint density at radius 3 is 2.67 bits per heavy atom. The van der Waals surface area contributed by atoms with Crippen LogP contribution in [0.3, 0.4) is 0 Å². The second kappa shape index (κ2) is 8.60. The summed E-state index contributed by atoms with van der Waals surface area (Å²) >= 11 is 0. The van der Waals surface area contributed by atoms with Gasteiger partial charge in [-0.1, -0.05) is 19.1 Å². The van der Waals surface area contributed by atoms with Crippen LogP contribution in [0.25, 0.3) is 0 Å². The fourth-order valence-electron chi connectivity index (χ4n) is 2.75. The molecular weight excluding hydrogens is 326 g/mol. The largest absolute Gasteiger partial charge is 0.350 e. The Kier molecular flexibility index (Phi) is 6.77. The molecule has 1 aliphatic rings. The molecule has 0 aliphatic carbocycles. The molecule has 1 fully saturated rings.